The van der Waals surface area contributed by atoms with Crippen molar-refractivity contribution in [2.45, 2.75) is 6.42 Å². The number of ether oxygens (including phenoxy) is 1. The van der Waals surface area contributed by atoms with E-state index in [1.165, 1.54) is 23.1 Å². The third-order valence-corrected chi connectivity index (χ3v) is 5.30. The van der Waals surface area contributed by atoms with Crippen molar-refractivity contribution < 1.29 is 18.7 Å². The molecule has 3 aromatic rings. The number of benzene rings is 2. The molecule has 0 radical (unpaired) electrons. The van der Waals surface area contributed by atoms with Gasteiger partial charge in [0.15, 0.2) is 0 Å². The minimum absolute atomic E-state index is 0.0911. The van der Waals surface area contributed by atoms with Crippen LogP contribution < -0.4 is 5.32 Å². The molecule has 0 bridgehead atoms. The Morgan fingerprint density at radius 3 is 2.69 bits per heavy atom. The monoisotopic (exact) mass is 438 g/mol. The van der Waals surface area contributed by atoms with Crippen molar-refractivity contribution in [1.29, 1.82) is 0 Å². The minimum Gasteiger partial charge on any atom is -0.378 e. The number of hydrogen-bond donors (Lipinski definition) is 1. The van der Waals surface area contributed by atoms with Crippen LogP contribution in [0, 0.1) is 11.7 Å². The quantitative estimate of drug-likeness (QED) is 0.596. The third kappa shape index (κ3) is 5.14. The molecule has 1 saturated heterocycles. The summed E-state index contributed by atoms with van der Waals surface area (Å²) in [5, 5.41) is 13.9. The van der Waals surface area contributed by atoms with Gasteiger partial charge in [-0.2, -0.15) is 4.68 Å². The molecular formula is C22H23FN6O3. The fraction of sp³-hybridized carbons (Fsp3) is 0.318. The van der Waals surface area contributed by atoms with Crippen molar-refractivity contribution in [2.75, 3.05) is 32.8 Å². The average Bonchev–Trinajstić information content (AvgIpc) is 3.36. The van der Waals surface area contributed by atoms with Crippen LogP contribution in [0.4, 0.5) is 4.39 Å². The van der Waals surface area contributed by atoms with Gasteiger partial charge in [-0.15, -0.1) is 5.10 Å². The number of para-hydroxylation sites is 1. The summed E-state index contributed by atoms with van der Waals surface area (Å²) in [6.45, 7) is 2.05. The van der Waals surface area contributed by atoms with E-state index in [0.29, 0.717) is 49.5 Å². The maximum Gasteiger partial charge on any atom is 0.253 e. The zero-order valence-corrected chi connectivity index (χ0v) is 17.4. The summed E-state index contributed by atoms with van der Waals surface area (Å²) in [5.74, 6) is -1.35. The molecule has 10 heteroatoms. The van der Waals surface area contributed by atoms with Crippen LogP contribution in [0.15, 0.2) is 54.9 Å². The molecule has 166 valence electrons. The molecule has 2 amide bonds. The normalized spacial score (nSPS) is 14.7. The third-order valence-electron chi connectivity index (χ3n) is 5.30. The van der Waals surface area contributed by atoms with Crippen LogP contribution in [-0.2, 0) is 16.0 Å². The number of morpholine rings is 1. The molecule has 9 nitrogen and oxygen atoms in total. The van der Waals surface area contributed by atoms with E-state index < -0.39 is 5.92 Å². The molecule has 32 heavy (non-hydrogen) atoms. The van der Waals surface area contributed by atoms with Gasteiger partial charge in [-0.3, -0.25) is 9.59 Å². The van der Waals surface area contributed by atoms with Crippen molar-refractivity contribution in [3.8, 4) is 5.69 Å². The highest BCUT2D eigenvalue weighted by atomic mass is 19.1. The molecule has 1 atom stereocenters. The first-order chi connectivity index (χ1) is 15.6. The number of hydrogen-bond acceptors (Lipinski definition) is 6. The maximum absolute atomic E-state index is 13.7. The SMILES string of the molecule is O=C(NC[C@@H](Cc1cccc(F)c1)C(=O)N1CCOCC1)c1ccccc1-n1cnnn1. The van der Waals surface area contributed by atoms with E-state index in [-0.39, 0.29) is 24.2 Å². The molecule has 0 spiro atoms. The zero-order valence-electron chi connectivity index (χ0n) is 17.4. The Hall–Kier alpha value is -3.66. The number of rotatable bonds is 7. The number of carbonyl (C=O) groups is 2. The van der Waals surface area contributed by atoms with Gasteiger partial charge in [0, 0.05) is 19.6 Å². The summed E-state index contributed by atoms with van der Waals surface area (Å²) in [6.07, 6.45) is 1.71. The molecule has 1 fully saturated rings. The lowest BCUT2D eigenvalue weighted by Crippen LogP contribution is -2.47. The van der Waals surface area contributed by atoms with E-state index in [2.05, 4.69) is 20.8 Å². The molecule has 1 aromatic heterocycles. The fourth-order valence-corrected chi connectivity index (χ4v) is 3.69. The first kappa shape index (κ1) is 21.6. The number of halogens is 1. The summed E-state index contributed by atoms with van der Waals surface area (Å²) in [7, 11) is 0. The highest BCUT2D eigenvalue weighted by Gasteiger charge is 2.27. The number of tetrazole rings is 1. The second-order valence-electron chi connectivity index (χ2n) is 7.45. The van der Waals surface area contributed by atoms with Gasteiger partial charge in [0.1, 0.15) is 12.1 Å². The minimum atomic E-state index is -0.543. The summed E-state index contributed by atoms with van der Waals surface area (Å²) < 4.78 is 20.4. The van der Waals surface area contributed by atoms with E-state index in [1.807, 2.05) is 0 Å². The van der Waals surface area contributed by atoms with E-state index in [9.17, 15) is 14.0 Å². The second-order valence-corrected chi connectivity index (χ2v) is 7.45. The van der Waals surface area contributed by atoms with Gasteiger partial charge in [-0.1, -0.05) is 24.3 Å². The fourth-order valence-electron chi connectivity index (χ4n) is 3.69. The smallest absolute Gasteiger partial charge is 0.253 e. The van der Waals surface area contributed by atoms with Gasteiger partial charge in [0.05, 0.1) is 30.4 Å². The van der Waals surface area contributed by atoms with Crippen molar-refractivity contribution >= 4 is 11.8 Å². The summed E-state index contributed by atoms with van der Waals surface area (Å²) in [6, 6.07) is 13.1. The van der Waals surface area contributed by atoms with Gasteiger partial charge in [0.2, 0.25) is 5.91 Å². The molecule has 4 rings (SSSR count). The van der Waals surface area contributed by atoms with Gasteiger partial charge < -0.3 is 15.0 Å². The van der Waals surface area contributed by atoms with E-state index >= 15 is 0 Å². The molecule has 0 saturated carbocycles. The maximum atomic E-state index is 13.7. The van der Waals surface area contributed by atoms with Crippen LogP contribution in [0.1, 0.15) is 15.9 Å². The second kappa shape index (κ2) is 10.1. The Bertz CT molecular complexity index is 1070. The molecule has 0 unspecified atom stereocenters. The Morgan fingerprint density at radius 2 is 1.94 bits per heavy atom. The summed E-state index contributed by atoms with van der Waals surface area (Å²) in [4.78, 5) is 27.9. The number of carbonyl (C=O) groups excluding carboxylic acids is 2. The van der Waals surface area contributed by atoms with Crippen molar-refractivity contribution in [1.82, 2.24) is 30.4 Å². The zero-order chi connectivity index (χ0) is 22.3. The molecule has 2 heterocycles. The molecular weight excluding hydrogens is 415 g/mol. The largest absolute Gasteiger partial charge is 0.378 e. The van der Waals surface area contributed by atoms with Crippen molar-refractivity contribution in [3.63, 3.8) is 0 Å². The molecule has 1 aliphatic rings. The van der Waals surface area contributed by atoms with Crippen LogP contribution in [0.5, 0.6) is 0 Å². The molecule has 0 aliphatic carbocycles. The van der Waals surface area contributed by atoms with Gasteiger partial charge in [0.25, 0.3) is 5.91 Å². The van der Waals surface area contributed by atoms with Crippen molar-refractivity contribution in [3.05, 3.63) is 71.8 Å². The van der Waals surface area contributed by atoms with E-state index in [4.69, 9.17) is 4.74 Å². The first-order valence-corrected chi connectivity index (χ1v) is 10.3. The van der Waals surface area contributed by atoms with Gasteiger partial charge in [-0.25, -0.2) is 4.39 Å². The van der Waals surface area contributed by atoms with E-state index in [1.54, 1.807) is 41.3 Å². The lowest BCUT2D eigenvalue weighted by atomic mass is 9.97. The lowest BCUT2D eigenvalue weighted by Gasteiger charge is -2.30. The Morgan fingerprint density at radius 1 is 1.12 bits per heavy atom. The number of nitrogens with zero attached hydrogens (tertiary/aromatic N) is 5. The highest BCUT2D eigenvalue weighted by molar-refractivity contribution is 5.98. The molecule has 1 aliphatic heterocycles. The predicted octanol–water partition coefficient (Wildman–Crippen LogP) is 1.25. The predicted molar refractivity (Wildman–Crippen MR) is 112 cm³/mol. The molecule has 2 aromatic carbocycles. The molecule has 1 N–H and O–H groups in total. The average molecular weight is 438 g/mol. The first-order valence-electron chi connectivity index (χ1n) is 10.3. The summed E-state index contributed by atoms with van der Waals surface area (Å²) >= 11 is 0. The van der Waals surface area contributed by atoms with Crippen LogP contribution in [-0.4, -0.2) is 69.8 Å². The lowest BCUT2D eigenvalue weighted by molar-refractivity contribution is -0.139. The summed E-state index contributed by atoms with van der Waals surface area (Å²) in [5.41, 5.74) is 1.60. The number of amides is 2. The van der Waals surface area contributed by atoms with Crippen LogP contribution >= 0.6 is 0 Å². The Balaban J connectivity index is 1.51. The van der Waals surface area contributed by atoms with Crippen LogP contribution in [0.25, 0.3) is 5.69 Å². The van der Waals surface area contributed by atoms with Gasteiger partial charge in [-0.05, 0) is 46.7 Å². The van der Waals surface area contributed by atoms with E-state index in [0.717, 1.165) is 0 Å². The Labute approximate surface area is 184 Å². The standard InChI is InChI=1S/C22H23FN6O3/c23-18-5-3-4-16(13-18)12-17(22(31)28-8-10-32-11-9-28)14-24-21(30)19-6-1-2-7-20(19)29-15-25-26-27-29/h1-7,13,15,17H,8-12,14H2,(H,24,30)/t17-/m1/s1. The Kier molecular flexibility index (Phi) is 6.81. The van der Waals surface area contributed by atoms with Crippen molar-refractivity contribution in [2.24, 2.45) is 5.92 Å². The van der Waals surface area contributed by atoms with Gasteiger partial charge >= 0.3 is 0 Å². The topological polar surface area (TPSA) is 102 Å². The number of aromatic nitrogens is 4. The number of nitrogens with one attached hydrogen (secondary N) is 1. The van der Waals surface area contributed by atoms with Crippen LogP contribution in [0.3, 0.4) is 0 Å². The van der Waals surface area contributed by atoms with Crippen LogP contribution in [0.2, 0.25) is 0 Å². The highest BCUT2D eigenvalue weighted by Crippen LogP contribution is 2.16.